The molecule has 4 atom stereocenters. The fraction of sp³-hybridized carbons (Fsp3) is 0.704. The van der Waals surface area contributed by atoms with E-state index >= 15 is 0 Å². The highest BCUT2D eigenvalue weighted by Gasteiger charge is 2.28. The molecule has 0 bridgehead atoms. The second-order valence-electron chi connectivity index (χ2n) is 23.7. The van der Waals surface area contributed by atoms with Crippen LogP contribution in [0.3, 0.4) is 0 Å². The van der Waals surface area contributed by atoms with Crippen molar-refractivity contribution in [2.75, 3.05) is 6.61 Å². The number of epoxide rings is 1. The molecule has 2 aromatic carbocycles. The third kappa shape index (κ3) is 48.1. The smallest absolute Gasteiger partial charge is 0.310 e. The van der Waals surface area contributed by atoms with E-state index in [-0.39, 0.29) is 16.9 Å². The normalized spacial score (nSPS) is 15.3. The Kier molecular flexibility index (Phi) is 30.5. The van der Waals surface area contributed by atoms with Crippen LogP contribution in [0, 0.1) is 43.8 Å². The molecule has 1 saturated heterocycles. The summed E-state index contributed by atoms with van der Waals surface area (Å²) in [5.41, 5.74) is 3.84. The van der Waals surface area contributed by atoms with Crippen LogP contribution in [0.15, 0.2) is 73.3 Å². The molecule has 0 amide bonds. The molecule has 5 nitrogen and oxygen atoms in total. The molecule has 1 aliphatic rings. The molecule has 3 rings (SSSR count). The summed E-state index contributed by atoms with van der Waals surface area (Å²) in [6, 6.07) is 21.4. The van der Waals surface area contributed by atoms with Gasteiger partial charge in [-0.25, -0.2) is 0 Å². The number of benzene rings is 2. The second kappa shape index (κ2) is 29.7. The molecule has 4 unspecified atom stereocenters. The summed E-state index contributed by atoms with van der Waals surface area (Å²) in [7, 11) is 0. The van der Waals surface area contributed by atoms with Gasteiger partial charge in [-0.3, -0.25) is 4.79 Å². The molecule has 0 radical (unpaired) electrons. The minimum atomic E-state index is -0.740. The monoisotopic (exact) mass is 854 g/mol. The summed E-state index contributed by atoms with van der Waals surface area (Å²) < 4.78 is 5.08. The lowest BCUT2D eigenvalue weighted by molar-refractivity contribution is -0.139. The lowest BCUT2D eigenvalue weighted by Crippen LogP contribution is -2.19. The van der Waals surface area contributed by atoms with E-state index in [1.807, 2.05) is 66.7 Å². The van der Waals surface area contributed by atoms with E-state index in [9.17, 15) is 15.0 Å². The Hall–Kier alpha value is -2.59. The number of thiol groups is 1. The maximum Gasteiger partial charge on any atom is 0.310 e. The molecule has 0 spiro atoms. The topological polar surface area (TPSA) is 93.8 Å². The van der Waals surface area contributed by atoms with Gasteiger partial charge >= 0.3 is 5.97 Å². The lowest BCUT2D eigenvalue weighted by atomic mass is 9.81. The van der Waals surface area contributed by atoms with Crippen molar-refractivity contribution in [1.82, 2.24) is 0 Å². The van der Waals surface area contributed by atoms with E-state index in [0.29, 0.717) is 45.9 Å². The minimum Gasteiger partial charge on any atom is -0.481 e. The molecule has 6 heteroatoms. The fourth-order valence-corrected chi connectivity index (χ4v) is 6.45. The molecule has 346 valence electrons. The van der Waals surface area contributed by atoms with Crippen molar-refractivity contribution in [2.24, 2.45) is 32.5 Å². The number of aliphatic carboxylic acids is 1. The molecule has 0 aromatic heterocycles. The Morgan fingerprint density at radius 2 is 1.15 bits per heavy atom. The zero-order valence-corrected chi connectivity index (χ0v) is 43.2. The van der Waals surface area contributed by atoms with Crippen molar-refractivity contribution in [3.8, 4) is 6.07 Å². The first kappa shape index (κ1) is 61.7. The average Bonchev–Trinajstić information content (AvgIpc) is 3.85. The van der Waals surface area contributed by atoms with E-state index < -0.39 is 11.9 Å². The highest BCUT2D eigenvalue weighted by molar-refractivity contribution is 7.80. The number of nitrogens with zero attached hydrogens (tertiary/aromatic N) is 1. The Morgan fingerprint density at radius 3 is 1.38 bits per heavy atom. The maximum atomic E-state index is 11.2. The number of ether oxygens (including phenoxy) is 1. The highest BCUT2D eigenvalue weighted by atomic mass is 32.1. The van der Waals surface area contributed by atoms with Gasteiger partial charge in [-0.1, -0.05) is 198 Å². The zero-order valence-electron chi connectivity index (χ0n) is 42.3. The molecule has 1 heterocycles. The summed E-state index contributed by atoms with van der Waals surface area (Å²) in [6.07, 6.45) is 10.1. The van der Waals surface area contributed by atoms with Gasteiger partial charge in [0.05, 0.1) is 30.8 Å². The van der Waals surface area contributed by atoms with Crippen molar-refractivity contribution in [3.63, 3.8) is 0 Å². The van der Waals surface area contributed by atoms with Gasteiger partial charge in [0.25, 0.3) is 0 Å². The largest absolute Gasteiger partial charge is 0.481 e. The van der Waals surface area contributed by atoms with Crippen LogP contribution in [0.1, 0.15) is 206 Å². The Balaban J connectivity index is -0.000000666. The van der Waals surface area contributed by atoms with Gasteiger partial charge in [-0.05, 0) is 93.8 Å². The first-order valence-corrected chi connectivity index (χ1v) is 22.8. The summed E-state index contributed by atoms with van der Waals surface area (Å²) in [4.78, 5) is 11.2. The van der Waals surface area contributed by atoms with Crippen molar-refractivity contribution >= 4 is 18.6 Å². The van der Waals surface area contributed by atoms with Gasteiger partial charge in [0.1, 0.15) is 0 Å². The molecule has 0 saturated carbocycles. The average molecular weight is 854 g/mol. The van der Waals surface area contributed by atoms with Crippen LogP contribution >= 0.6 is 12.6 Å². The van der Waals surface area contributed by atoms with Crippen LogP contribution in [-0.4, -0.2) is 34.1 Å². The van der Waals surface area contributed by atoms with Crippen LogP contribution in [-0.2, 0) is 9.53 Å². The molecule has 2 aromatic rings. The van der Waals surface area contributed by atoms with Gasteiger partial charge < -0.3 is 14.9 Å². The molecular weight excluding hydrogens is 759 g/mol. The number of carboxylic acid groups (broad SMARTS) is 1. The number of unbranched alkanes of at least 4 members (excludes halogenated alkanes) is 1. The van der Waals surface area contributed by atoms with E-state index in [1.165, 1.54) is 12.8 Å². The van der Waals surface area contributed by atoms with Gasteiger partial charge in [-0.15, -0.1) is 6.58 Å². The highest BCUT2D eigenvalue weighted by Crippen LogP contribution is 2.32. The van der Waals surface area contributed by atoms with E-state index in [0.717, 1.165) is 43.4 Å². The van der Waals surface area contributed by atoms with Crippen LogP contribution in [0.4, 0.5) is 0 Å². The zero-order chi connectivity index (χ0) is 47.6. The first-order valence-electron chi connectivity index (χ1n) is 22.3. The van der Waals surface area contributed by atoms with Crippen molar-refractivity contribution in [1.29, 1.82) is 5.26 Å². The standard InChI is InChI=1S/C13H18O2.C12H18O.C8H15N.C7H14O.C7H16S.C7H14/c1-13(2,3)9-11(12(14)15)10-7-5-4-6-8-10;1-12(2,3)9-11(13)10-7-5-4-6-8-10;1-8(2,3)6-4-5-7-9;1-7(2,3)4-6-5-8-6;1-6(8)5-7(2,3)4;1-5-6-7(2,3)4/h4-8,11H,9H2,1-3H3,(H,14,15);4-8,11,13H,9H2,1-3H3;4-6H2,1-3H3;6H,4-5H2,1-3H3;6,8H,5H2,1-4H3;5H,1,6H2,2-4H3. The first-order chi connectivity index (χ1) is 27.0. The second-order valence-corrected chi connectivity index (χ2v) is 24.6. The quantitative estimate of drug-likeness (QED) is 0.0958. The predicted molar refractivity (Wildman–Crippen MR) is 266 cm³/mol. The third-order valence-corrected chi connectivity index (χ3v) is 8.61. The van der Waals surface area contributed by atoms with Crippen LogP contribution in [0.25, 0.3) is 0 Å². The van der Waals surface area contributed by atoms with Crippen molar-refractivity contribution in [3.05, 3.63) is 84.4 Å². The molecular formula is C54H95NO4S. The van der Waals surface area contributed by atoms with Gasteiger partial charge in [0, 0.05) is 6.42 Å². The summed E-state index contributed by atoms with van der Waals surface area (Å²) in [6.45, 7) is 46.0. The number of carboxylic acids is 1. The van der Waals surface area contributed by atoms with Gasteiger partial charge in [0.15, 0.2) is 0 Å². The van der Waals surface area contributed by atoms with Gasteiger partial charge in [-0.2, -0.15) is 17.9 Å². The third-order valence-electron chi connectivity index (χ3n) is 8.43. The Bertz CT molecular complexity index is 1390. The lowest BCUT2D eigenvalue weighted by Gasteiger charge is -2.23. The summed E-state index contributed by atoms with van der Waals surface area (Å²) >= 11 is 4.29. The number of carbonyl (C=O) groups is 1. The SMILES string of the molecule is C=CCC(C)(C)C.CC(C)(C)CC(C(=O)O)c1ccccc1.CC(C)(C)CC(O)c1ccccc1.CC(C)(C)CC1CO1.CC(C)(C)CCCC#N.CC(S)CC(C)(C)C. The molecule has 1 aliphatic heterocycles. The van der Waals surface area contributed by atoms with Crippen molar-refractivity contribution in [2.45, 2.75) is 206 Å². The number of aliphatic hydroxyl groups is 1. The van der Waals surface area contributed by atoms with Crippen LogP contribution < -0.4 is 0 Å². The predicted octanol–water partition coefficient (Wildman–Crippen LogP) is 16.3. The number of hydrogen-bond donors (Lipinski definition) is 3. The molecule has 0 aliphatic carbocycles. The summed E-state index contributed by atoms with van der Waals surface area (Å²) in [5.74, 6) is -1.14. The number of nitriles is 1. The Labute approximate surface area is 378 Å². The fourth-order valence-electron chi connectivity index (χ4n) is 5.90. The summed E-state index contributed by atoms with van der Waals surface area (Å²) in [5, 5.41) is 27.8. The number of allylic oxidation sites excluding steroid dienone is 1. The van der Waals surface area contributed by atoms with E-state index in [1.54, 1.807) is 0 Å². The Morgan fingerprint density at radius 1 is 0.733 bits per heavy atom. The number of aliphatic hydroxyl groups excluding tert-OH is 1. The van der Waals surface area contributed by atoms with Gasteiger partial charge in [0.2, 0.25) is 0 Å². The molecule has 2 N–H and O–H groups in total. The molecule has 1 fully saturated rings. The van der Waals surface area contributed by atoms with Crippen LogP contribution in [0.5, 0.6) is 0 Å². The van der Waals surface area contributed by atoms with Crippen molar-refractivity contribution < 1.29 is 19.7 Å². The number of hydrogen-bond acceptors (Lipinski definition) is 5. The number of rotatable bonds is 10. The van der Waals surface area contributed by atoms with Crippen LogP contribution in [0.2, 0.25) is 0 Å². The minimum absolute atomic E-state index is 0.0267. The maximum absolute atomic E-state index is 11.2. The van der Waals surface area contributed by atoms with E-state index in [4.69, 9.17) is 10.00 Å². The van der Waals surface area contributed by atoms with E-state index in [2.05, 4.69) is 157 Å². The molecule has 60 heavy (non-hydrogen) atoms.